The van der Waals surface area contributed by atoms with Crippen molar-refractivity contribution in [3.8, 4) is 17.2 Å². The molecule has 5 N–H and O–H groups in total. The number of nitrogen functional groups attached to an aromatic ring is 1. The highest BCUT2D eigenvalue weighted by molar-refractivity contribution is 5.97. The molecule has 0 saturated carbocycles. The summed E-state index contributed by atoms with van der Waals surface area (Å²) >= 11 is 0. The number of hydrogen-bond donors (Lipinski definition) is 4. The van der Waals surface area contributed by atoms with Gasteiger partial charge in [0.25, 0.3) is 0 Å². The predicted molar refractivity (Wildman–Crippen MR) is 79.8 cm³/mol. The van der Waals surface area contributed by atoms with Gasteiger partial charge in [0.15, 0.2) is 0 Å². The lowest BCUT2D eigenvalue weighted by molar-refractivity contribution is 0.450. The molecule has 0 aliphatic heterocycles. The SMILES string of the molecule is Nc1cccc2cccc(O)c12.Oc1cccc(O)c1. The Kier molecular flexibility index (Phi) is 3.96. The number of nitrogens with two attached hydrogens (primary N) is 1. The molecule has 0 radical (unpaired) electrons. The molecular formula is C16H15NO3. The third-order valence-corrected chi connectivity index (χ3v) is 2.74. The Hall–Kier alpha value is -2.88. The van der Waals surface area contributed by atoms with Crippen LogP contribution in [0.1, 0.15) is 0 Å². The van der Waals surface area contributed by atoms with Crippen LogP contribution in [0.15, 0.2) is 60.7 Å². The van der Waals surface area contributed by atoms with Gasteiger partial charge in [-0.25, -0.2) is 0 Å². The maximum absolute atomic E-state index is 9.47. The molecule has 0 spiro atoms. The van der Waals surface area contributed by atoms with E-state index in [4.69, 9.17) is 15.9 Å². The molecule has 3 aromatic carbocycles. The Bertz CT molecular complexity index is 672. The number of anilines is 1. The van der Waals surface area contributed by atoms with Crippen molar-refractivity contribution in [1.82, 2.24) is 0 Å². The summed E-state index contributed by atoms with van der Waals surface area (Å²) in [5, 5.41) is 28.5. The van der Waals surface area contributed by atoms with Crippen LogP contribution in [0, 0.1) is 0 Å². The first-order valence-corrected chi connectivity index (χ1v) is 6.02. The molecule has 3 rings (SSSR count). The summed E-state index contributed by atoms with van der Waals surface area (Å²) in [6.45, 7) is 0. The number of phenols is 3. The van der Waals surface area contributed by atoms with E-state index in [1.54, 1.807) is 24.3 Å². The van der Waals surface area contributed by atoms with Gasteiger partial charge < -0.3 is 21.1 Å². The van der Waals surface area contributed by atoms with Crippen LogP contribution in [0.5, 0.6) is 17.2 Å². The zero-order valence-corrected chi connectivity index (χ0v) is 10.7. The van der Waals surface area contributed by atoms with Crippen LogP contribution in [0.2, 0.25) is 0 Å². The van der Waals surface area contributed by atoms with Crippen LogP contribution >= 0.6 is 0 Å². The summed E-state index contributed by atoms with van der Waals surface area (Å²) in [6.07, 6.45) is 0. The molecule has 20 heavy (non-hydrogen) atoms. The molecule has 0 aliphatic rings. The number of hydrogen-bond acceptors (Lipinski definition) is 4. The van der Waals surface area contributed by atoms with E-state index in [-0.39, 0.29) is 17.2 Å². The quantitative estimate of drug-likeness (QED) is 0.472. The monoisotopic (exact) mass is 269 g/mol. The van der Waals surface area contributed by atoms with Crippen LogP contribution in [-0.4, -0.2) is 15.3 Å². The van der Waals surface area contributed by atoms with Crippen molar-refractivity contribution < 1.29 is 15.3 Å². The number of fused-ring (bicyclic) bond motifs is 1. The molecule has 0 heterocycles. The van der Waals surface area contributed by atoms with Crippen LogP contribution in [0.4, 0.5) is 5.69 Å². The van der Waals surface area contributed by atoms with Crippen molar-refractivity contribution in [3.05, 3.63) is 60.7 Å². The fourth-order valence-corrected chi connectivity index (χ4v) is 1.84. The van der Waals surface area contributed by atoms with E-state index in [0.717, 1.165) is 10.8 Å². The van der Waals surface area contributed by atoms with Crippen LogP contribution in [-0.2, 0) is 0 Å². The molecule has 102 valence electrons. The van der Waals surface area contributed by atoms with Crippen molar-refractivity contribution in [2.75, 3.05) is 5.73 Å². The summed E-state index contributed by atoms with van der Waals surface area (Å²) in [6, 6.07) is 16.8. The summed E-state index contributed by atoms with van der Waals surface area (Å²) in [5.41, 5.74) is 6.31. The zero-order valence-electron chi connectivity index (χ0n) is 10.7. The lowest BCUT2D eigenvalue weighted by Crippen LogP contribution is -1.85. The van der Waals surface area contributed by atoms with E-state index in [9.17, 15) is 5.11 Å². The molecule has 0 aromatic heterocycles. The highest BCUT2D eigenvalue weighted by Crippen LogP contribution is 2.28. The molecule has 0 aliphatic carbocycles. The van der Waals surface area contributed by atoms with E-state index in [0.29, 0.717) is 5.69 Å². The number of rotatable bonds is 0. The van der Waals surface area contributed by atoms with Gasteiger partial charge in [-0.05, 0) is 29.7 Å². The summed E-state index contributed by atoms with van der Waals surface area (Å²) in [7, 11) is 0. The second kappa shape index (κ2) is 5.84. The molecule has 0 amide bonds. The Labute approximate surface area is 116 Å². The molecule has 4 heteroatoms. The number of benzene rings is 3. The van der Waals surface area contributed by atoms with Crippen LogP contribution in [0.3, 0.4) is 0 Å². The molecule has 0 fully saturated rings. The van der Waals surface area contributed by atoms with Crippen molar-refractivity contribution in [2.24, 2.45) is 0 Å². The van der Waals surface area contributed by atoms with Crippen molar-refractivity contribution in [1.29, 1.82) is 0 Å². The second-order valence-electron chi connectivity index (χ2n) is 4.24. The third kappa shape index (κ3) is 3.11. The Morgan fingerprint density at radius 1 is 0.700 bits per heavy atom. The van der Waals surface area contributed by atoms with E-state index < -0.39 is 0 Å². The highest BCUT2D eigenvalue weighted by atomic mass is 16.3. The van der Waals surface area contributed by atoms with Gasteiger partial charge in [0.2, 0.25) is 0 Å². The predicted octanol–water partition coefficient (Wildman–Crippen LogP) is 3.23. The summed E-state index contributed by atoms with van der Waals surface area (Å²) < 4.78 is 0. The van der Waals surface area contributed by atoms with Gasteiger partial charge in [-0.3, -0.25) is 0 Å². The van der Waals surface area contributed by atoms with Gasteiger partial charge in [-0.2, -0.15) is 0 Å². The Balaban J connectivity index is 0.000000160. The van der Waals surface area contributed by atoms with Gasteiger partial charge in [-0.1, -0.05) is 30.3 Å². The summed E-state index contributed by atoms with van der Waals surface area (Å²) in [4.78, 5) is 0. The fraction of sp³-hybridized carbons (Fsp3) is 0. The Morgan fingerprint density at radius 2 is 1.25 bits per heavy atom. The first kappa shape index (κ1) is 13.5. The van der Waals surface area contributed by atoms with Gasteiger partial charge in [0, 0.05) is 17.1 Å². The standard InChI is InChI=1S/C10H9NO.C6H6O2/c11-8-5-1-3-7-4-2-6-9(12)10(7)8;7-5-2-1-3-6(8)4-5/h1-6,12H,11H2;1-4,7-8H. The first-order chi connectivity index (χ1) is 9.58. The smallest absolute Gasteiger partial charge is 0.125 e. The summed E-state index contributed by atoms with van der Waals surface area (Å²) in [5.74, 6) is 0.417. The Morgan fingerprint density at radius 3 is 1.75 bits per heavy atom. The second-order valence-corrected chi connectivity index (χ2v) is 4.24. The van der Waals surface area contributed by atoms with E-state index in [1.165, 1.54) is 18.2 Å². The molecule has 0 saturated heterocycles. The lowest BCUT2D eigenvalue weighted by atomic mass is 10.1. The normalized spacial score (nSPS) is 9.80. The van der Waals surface area contributed by atoms with Gasteiger partial charge >= 0.3 is 0 Å². The molecule has 0 atom stereocenters. The van der Waals surface area contributed by atoms with E-state index >= 15 is 0 Å². The van der Waals surface area contributed by atoms with Gasteiger partial charge in [0.1, 0.15) is 17.2 Å². The maximum Gasteiger partial charge on any atom is 0.125 e. The average molecular weight is 269 g/mol. The minimum Gasteiger partial charge on any atom is -0.508 e. The van der Waals surface area contributed by atoms with Crippen molar-refractivity contribution in [3.63, 3.8) is 0 Å². The fourth-order valence-electron chi connectivity index (χ4n) is 1.84. The largest absolute Gasteiger partial charge is 0.508 e. The number of aromatic hydroxyl groups is 3. The average Bonchev–Trinajstić information content (AvgIpc) is 2.39. The van der Waals surface area contributed by atoms with Crippen molar-refractivity contribution in [2.45, 2.75) is 0 Å². The van der Waals surface area contributed by atoms with E-state index in [2.05, 4.69) is 0 Å². The minimum absolute atomic E-state index is 0.0880. The van der Waals surface area contributed by atoms with Gasteiger partial charge in [0.05, 0.1) is 0 Å². The van der Waals surface area contributed by atoms with E-state index in [1.807, 2.05) is 18.2 Å². The third-order valence-electron chi connectivity index (χ3n) is 2.74. The van der Waals surface area contributed by atoms with Crippen LogP contribution < -0.4 is 5.73 Å². The maximum atomic E-state index is 9.47. The van der Waals surface area contributed by atoms with Crippen LogP contribution in [0.25, 0.3) is 10.8 Å². The molecular weight excluding hydrogens is 254 g/mol. The highest BCUT2D eigenvalue weighted by Gasteiger charge is 2.00. The molecule has 0 bridgehead atoms. The number of phenolic OH excluding ortho intramolecular Hbond substituents is 3. The zero-order chi connectivity index (χ0) is 14.5. The topological polar surface area (TPSA) is 86.7 Å². The minimum atomic E-state index is 0.0880. The lowest BCUT2D eigenvalue weighted by Gasteiger charge is -2.02. The first-order valence-electron chi connectivity index (χ1n) is 6.02. The molecule has 0 unspecified atom stereocenters. The van der Waals surface area contributed by atoms with Crippen molar-refractivity contribution >= 4 is 16.5 Å². The molecule has 4 nitrogen and oxygen atoms in total. The van der Waals surface area contributed by atoms with Gasteiger partial charge in [-0.15, -0.1) is 0 Å². The molecule has 3 aromatic rings.